The van der Waals surface area contributed by atoms with Crippen molar-refractivity contribution >= 4 is 5.91 Å². The predicted molar refractivity (Wildman–Crippen MR) is 83.0 cm³/mol. The number of rotatable bonds is 7. The van der Waals surface area contributed by atoms with E-state index in [4.69, 9.17) is 0 Å². The van der Waals surface area contributed by atoms with Crippen molar-refractivity contribution in [2.75, 3.05) is 0 Å². The smallest absolute Gasteiger partial charge is 0.273 e. The lowest BCUT2D eigenvalue weighted by Gasteiger charge is -2.07. The molecule has 0 aliphatic heterocycles. The van der Waals surface area contributed by atoms with Crippen LogP contribution in [0.4, 0.5) is 0 Å². The zero-order chi connectivity index (χ0) is 15.9. The van der Waals surface area contributed by atoms with Crippen molar-refractivity contribution in [1.82, 2.24) is 20.3 Å². The van der Waals surface area contributed by atoms with Gasteiger partial charge in [0.2, 0.25) is 0 Å². The highest BCUT2D eigenvalue weighted by molar-refractivity contribution is 5.91. The summed E-state index contributed by atoms with van der Waals surface area (Å²) in [6, 6.07) is 7.45. The van der Waals surface area contributed by atoms with Gasteiger partial charge in [-0.05, 0) is 23.5 Å². The van der Waals surface area contributed by atoms with Gasteiger partial charge in [-0.1, -0.05) is 43.3 Å². The standard InChI is InChI=1S/C16H22N4O2/c1-12(2)7-8-20-10-15(18-19-20)16(22)17-9-13-5-3-4-6-14(13)11-21/h3-6,10,12,21H,7-9,11H2,1-2H3,(H,17,22). The fourth-order valence-corrected chi connectivity index (χ4v) is 2.05. The third-order valence-corrected chi connectivity index (χ3v) is 3.43. The third kappa shape index (κ3) is 4.39. The molecule has 1 heterocycles. The Bertz CT molecular complexity index is 622. The van der Waals surface area contributed by atoms with E-state index in [1.807, 2.05) is 24.3 Å². The summed E-state index contributed by atoms with van der Waals surface area (Å²) < 4.78 is 1.69. The second-order valence-corrected chi connectivity index (χ2v) is 5.66. The molecule has 0 spiro atoms. The Morgan fingerprint density at radius 2 is 2.05 bits per heavy atom. The van der Waals surface area contributed by atoms with E-state index >= 15 is 0 Å². The number of aromatic nitrogens is 3. The Hall–Kier alpha value is -2.21. The maximum atomic E-state index is 12.1. The highest BCUT2D eigenvalue weighted by Gasteiger charge is 2.11. The number of hydrogen-bond acceptors (Lipinski definition) is 4. The van der Waals surface area contributed by atoms with Crippen LogP contribution in [0.5, 0.6) is 0 Å². The highest BCUT2D eigenvalue weighted by atomic mass is 16.3. The summed E-state index contributed by atoms with van der Waals surface area (Å²) >= 11 is 0. The molecular formula is C16H22N4O2. The molecule has 0 unspecified atom stereocenters. The fraction of sp³-hybridized carbons (Fsp3) is 0.438. The number of hydrogen-bond donors (Lipinski definition) is 2. The van der Waals surface area contributed by atoms with E-state index in [2.05, 4.69) is 29.5 Å². The van der Waals surface area contributed by atoms with Gasteiger partial charge in [-0.25, -0.2) is 0 Å². The average Bonchev–Trinajstić information content (AvgIpc) is 3.00. The van der Waals surface area contributed by atoms with Gasteiger partial charge in [0.1, 0.15) is 0 Å². The molecule has 0 fully saturated rings. The molecule has 1 aromatic heterocycles. The van der Waals surface area contributed by atoms with Crippen molar-refractivity contribution in [3.05, 3.63) is 47.3 Å². The van der Waals surface area contributed by atoms with Crippen molar-refractivity contribution in [2.24, 2.45) is 5.92 Å². The number of nitrogens with zero attached hydrogens (tertiary/aromatic N) is 3. The number of carbonyl (C=O) groups is 1. The number of aryl methyl sites for hydroxylation is 1. The molecule has 0 bridgehead atoms. The van der Waals surface area contributed by atoms with Crippen molar-refractivity contribution in [3.63, 3.8) is 0 Å². The van der Waals surface area contributed by atoms with Crippen LogP contribution in [0, 0.1) is 5.92 Å². The van der Waals surface area contributed by atoms with Gasteiger partial charge in [-0.2, -0.15) is 0 Å². The van der Waals surface area contributed by atoms with Crippen LogP contribution >= 0.6 is 0 Å². The minimum Gasteiger partial charge on any atom is -0.392 e. The monoisotopic (exact) mass is 302 g/mol. The van der Waals surface area contributed by atoms with Crippen molar-refractivity contribution in [3.8, 4) is 0 Å². The molecule has 0 saturated heterocycles. The summed E-state index contributed by atoms with van der Waals surface area (Å²) in [5, 5.41) is 19.9. The van der Waals surface area contributed by atoms with Gasteiger partial charge in [0.15, 0.2) is 5.69 Å². The third-order valence-electron chi connectivity index (χ3n) is 3.43. The topological polar surface area (TPSA) is 80.0 Å². The maximum absolute atomic E-state index is 12.1. The number of aliphatic hydroxyl groups is 1. The molecule has 0 radical (unpaired) electrons. The summed E-state index contributed by atoms with van der Waals surface area (Å²) in [7, 11) is 0. The number of amides is 1. The van der Waals surface area contributed by atoms with E-state index in [0.717, 1.165) is 24.1 Å². The van der Waals surface area contributed by atoms with Crippen molar-refractivity contribution < 1.29 is 9.90 Å². The molecule has 0 saturated carbocycles. The van der Waals surface area contributed by atoms with Gasteiger partial charge in [0.25, 0.3) is 5.91 Å². The lowest BCUT2D eigenvalue weighted by molar-refractivity contribution is 0.0945. The van der Waals surface area contributed by atoms with E-state index in [-0.39, 0.29) is 12.5 Å². The van der Waals surface area contributed by atoms with Gasteiger partial charge in [0, 0.05) is 13.1 Å². The SMILES string of the molecule is CC(C)CCn1cc(C(=O)NCc2ccccc2CO)nn1. The Balaban J connectivity index is 1.92. The van der Waals surface area contributed by atoms with E-state index < -0.39 is 0 Å². The highest BCUT2D eigenvalue weighted by Crippen LogP contribution is 2.08. The summed E-state index contributed by atoms with van der Waals surface area (Å²) in [6.07, 6.45) is 2.66. The summed E-state index contributed by atoms with van der Waals surface area (Å²) in [4.78, 5) is 12.1. The molecule has 6 nitrogen and oxygen atoms in total. The predicted octanol–water partition coefficient (Wildman–Crippen LogP) is 1.75. The Morgan fingerprint density at radius 1 is 1.32 bits per heavy atom. The van der Waals surface area contributed by atoms with E-state index in [9.17, 15) is 9.90 Å². The van der Waals surface area contributed by atoms with Crippen LogP contribution in [0.15, 0.2) is 30.5 Å². The first-order chi connectivity index (χ1) is 10.6. The van der Waals surface area contributed by atoms with Gasteiger partial charge >= 0.3 is 0 Å². The second kappa shape index (κ2) is 7.70. The van der Waals surface area contributed by atoms with Gasteiger partial charge in [-0.15, -0.1) is 5.10 Å². The van der Waals surface area contributed by atoms with Crippen LogP contribution in [0.1, 0.15) is 41.9 Å². The number of carbonyl (C=O) groups excluding carboxylic acids is 1. The molecule has 2 aromatic rings. The van der Waals surface area contributed by atoms with E-state index in [0.29, 0.717) is 18.2 Å². The molecule has 1 aromatic carbocycles. The normalized spacial score (nSPS) is 10.9. The van der Waals surface area contributed by atoms with Crippen LogP contribution in [0.25, 0.3) is 0 Å². The number of nitrogens with one attached hydrogen (secondary N) is 1. The summed E-state index contributed by atoms with van der Waals surface area (Å²) in [5.74, 6) is 0.319. The van der Waals surface area contributed by atoms with Gasteiger partial charge in [0.05, 0.1) is 12.8 Å². The lowest BCUT2D eigenvalue weighted by Crippen LogP contribution is -2.23. The molecule has 22 heavy (non-hydrogen) atoms. The van der Waals surface area contributed by atoms with Gasteiger partial charge < -0.3 is 10.4 Å². The van der Waals surface area contributed by atoms with Crippen LogP contribution < -0.4 is 5.32 Å². The van der Waals surface area contributed by atoms with Gasteiger partial charge in [-0.3, -0.25) is 9.48 Å². The molecule has 118 valence electrons. The maximum Gasteiger partial charge on any atom is 0.273 e. The Kier molecular flexibility index (Phi) is 5.66. The largest absolute Gasteiger partial charge is 0.392 e. The average molecular weight is 302 g/mol. The zero-order valence-electron chi connectivity index (χ0n) is 13.0. The molecule has 0 aliphatic rings. The minimum atomic E-state index is -0.261. The first-order valence-electron chi connectivity index (χ1n) is 7.46. The molecule has 0 aliphatic carbocycles. The Morgan fingerprint density at radius 3 is 2.73 bits per heavy atom. The number of aliphatic hydroxyl groups excluding tert-OH is 1. The molecule has 2 rings (SSSR count). The molecule has 6 heteroatoms. The molecule has 0 atom stereocenters. The van der Waals surface area contributed by atoms with Crippen molar-refractivity contribution in [2.45, 2.75) is 40.0 Å². The summed E-state index contributed by atoms with van der Waals surface area (Å²) in [5.41, 5.74) is 2.01. The van der Waals surface area contributed by atoms with Crippen LogP contribution in [0.2, 0.25) is 0 Å². The Labute approximate surface area is 130 Å². The van der Waals surface area contributed by atoms with Crippen molar-refractivity contribution in [1.29, 1.82) is 0 Å². The van der Waals surface area contributed by atoms with E-state index in [1.165, 1.54) is 0 Å². The van der Waals surface area contributed by atoms with E-state index in [1.54, 1.807) is 10.9 Å². The lowest BCUT2D eigenvalue weighted by atomic mass is 10.1. The van der Waals surface area contributed by atoms with Crippen LogP contribution in [-0.4, -0.2) is 26.0 Å². The minimum absolute atomic E-state index is 0.0442. The van der Waals surface area contributed by atoms with Crippen LogP contribution in [0.3, 0.4) is 0 Å². The quantitative estimate of drug-likeness (QED) is 0.816. The fourth-order valence-electron chi connectivity index (χ4n) is 2.05. The summed E-state index contributed by atoms with van der Waals surface area (Å²) in [6.45, 7) is 5.35. The molecule has 2 N–H and O–H groups in total. The first kappa shape index (κ1) is 16.2. The molecular weight excluding hydrogens is 280 g/mol. The zero-order valence-corrected chi connectivity index (χ0v) is 13.0. The first-order valence-corrected chi connectivity index (χ1v) is 7.46. The molecule has 1 amide bonds. The van der Waals surface area contributed by atoms with Crippen LogP contribution in [-0.2, 0) is 19.7 Å². The second-order valence-electron chi connectivity index (χ2n) is 5.66. The number of benzene rings is 1.